The summed E-state index contributed by atoms with van der Waals surface area (Å²) in [6.07, 6.45) is 0. The van der Waals surface area contributed by atoms with Crippen molar-refractivity contribution in [1.82, 2.24) is 0 Å². The molecule has 0 aliphatic rings. The van der Waals surface area contributed by atoms with Gasteiger partial charge in [-0.05, 0) is 23.2 Å². The Morgan fingerprint density at radius 3 is 2.47 bits per heavy atom. The minimum atomic E-state index is -4.66. The van der Waals surface area contributed by atoms with Gasteiger partial charge in [-0.2, -0.15) is 8.42 Å². The molecule has 7 nitrogen and oxygen atoms in total. The van der Waals surface area contributed by atoms with Crippen LogP contribution in [0.15, 0.2) is 34.1 Å². The highest BCUT2D eigenvalue weighted by molar-refractivity contribution is 7.86. The molecule has 0 fully saturated rings. The van der Waals surface area contributed by atoms with Gasteiger partial charge in [-0.25, -0.2) is 0 Å². The number of aromatic hydroxyl groups is 1. The maximum atomic E-state index is 11.3. The van der Waals surface area contributed by atoms with E-state index < -0.39 is 31.0 Å². The molecule has 2 aromatic carbocycles. The molecule has 0 spiro atoms. The fourth-order valence-electron chi connectivity index (χ4n) is 1.78. The second-order valence-electron chi connectivity index (χ2n) is 3.70. The van der Waals surface area contributed by atoms with E-state index in [1.807, 2.05) is 0 Å². The molecule has 1 atom stereocenters. The van der Waals surface area contributed by atoms with Crippen LogP contribution in [0, 0.1) is 0 Å². The lowest BCUT2D eigenvalue weighted by atomic mass is 10.1. The quantitative estimate of drug-likeness (QED) is 0.419. The average molecular weight is 302 g/mol. The van der Waals surface area contributed by atoms with Crippen molar-refractivity contribution in [3.05, 3.63) is 24.3 Å². The van der Waals surface area contributed by atoms with Gasteiger partial charge in [-0.15, -0.1) is 0 Å². The lowest BCUT2D eigenvalue weighted by Crippen LogP contribution is -2.05. The number of phenols is 1. The van der Waals surface area contributed by atoms with Gasteiger partial charge >= 0.3 is 0 Å². The van der Waals surface area contributed by atoms with Crippen LogP contribution in [-0.4, -0.2) is 26.8 Å². The Kier molecular flexibility index (Phi) is 3.22. The monoisotopic (exact) mass is 302 g/mol. The van der Waals surface area contributed by atoms with Gasteiger partial charge in [0, 0.05) is 15.7 Å². The molecule has 2 aromatic rings. The minimum Gasteiger partial charge on any atom is -0.768 e. The van der Waals surface area contributed by atoms with Crippen LogP contribution in [0.3, 0.4) is 0 Å². The van der Waals surface area contributed by atoms with Gasteiger partial charge in [0.1, 0.15) is 10.6 Å². The standard InChI is InChI=1S/C10H9NO6S2/c11-10-7(18(13)14)4-8(19(15,16)17)5-2-1-3-6(12)9(5)10/h1-4,12H,11H2,(H,13,14)(H,15,16,17)/p-1. The second kappa shape index (κ2) is 4.46. The van der Waals surface area contributed by atoms with E-state index in [1.54, 1.807) is 0 Å². The van der Waals surface area contributed by atoms with Crippen molar-refractivity contribution in [2.75, 3.05) is 5.73 Å². The Balaban J connectivity index is 3.10. The van der Waals surface area contributed by atoms with E-state index in [0.717, 1.165) is 6.07 Å². The molecule has 0 aliphatic heterocycles. The van der Waals surface area contributed by atoms with Gasteiger partial charge in [0.25, 0.3) is 10.1 Å². The third kappa shape index (κ3) is 2.28. The molecule has 0 aliphatic carbocycles. The summed E-state index contributed by atoms with van der Waals surface area (Å²) in [5, 5.41) is 9.49. The Morgan fingerprint density at radius 1 is 1.32 bits per heavy atom. The van der Waals surface area contributed by atoms with Crippen LogP contribution in [-0.2, 0) is 21.2 Å². The summed E-state index contributed by atoms with van der Waals surface area (Å²) in [4.78, 5) is -1.14. The predicted octanol–water partition coefficient (Wildman–Crippen LogP) is 0.612. The Bertz CT molecular complexity index is 799. The summed E-state index contributed by atoms with van der Waals surface area (Å²) < 4.78 is 53.7. The highest BCUT2D eigenvalue weighted by Crippen LogP contribution is 2.37. The van der Waals surface area contributed by atoms with Crippen LogP contribution in [0.25, 0.3) is 10.8 Å². The van der Waals surface area contributed by atoms with Crippen molar-refractivity contribution in [2.24, 2.45) is 0 Å². The van der Waals surface area contributed by atoms with Gasteiger partial charge in [0.15, 0.2) is 0 Å². The highest BCUT2D eigenvalue weighted by Gasteiger charge is 2.20. The number of phenolic OH excluding ortho intramolecular Hbond substituents is 1. The van der Waals surface area contributed by atoms with Crippen molar-refractivity contribution in [2.45, 2.75) is 9.79 Å². The van der Waals surface area contributed by atoms with Crippen LogP contribution in [0.2, 0.25) is 0 Å². The van der Waals surface area contributed by atoms with Crippen LogP contribution in [0.4, 0.5) is 5.69 Å². The SMILES string of the molecule is Nc1c(S(=O)[O-])cc(S(=O)(=O)O)c2cccc(O)c12. The number of nitrogens with two attached hydrogens (primary N) is 1. The van der Waals surface area contributed by atoms with Gasteiger partial charge in [0.2, 0.25) is 0 Å². The van der Waals surface area contributed by atoms with Crippen molar-refractivity contribution in [1.29, 1.82) is 0 Å². The van der Waals surface area contributed by atoms with Gasteiger partial charge in [-0.1, -0.05) is 12.1 Å². The third-order valence-electron chi connectivity index (χ3n) is 2.56. The maximum Gasteiger partial charge on any atom is 0.295 e. The van der Waals surface area contributed by atoms with Crippen molar-refractivity contribution in [3.8, 4) is 5.75 Å². The lowest BCUT2D eigenvalue weighted by Gasteiger charge is -2.14. The summed E-state index contributed by atoms with van der Waals surface area (Å²) in [6.45, 7) is 0. The van der Waals surface area contributed by atoms with Crippen molar-refractivity contribution >= 4 is 37.7 Å². The summed E-state index contributed by atoms with van der Waals surface area (Å²) in [5.41, 5.74) is 5.32. The summed E-state index contributed by atoms with van der Waals surface area (Å²) in [6, 6.07) is 4.62. The summed E-state index contributed by atoms with van der Waals surface area (Å²) >= 11 is -2.81. The normalized spacial score (nSPS) is 13.6. The molecule has 9 heteroatoms. The molecular weight excluding hydrogens is 294 g/mol. The molecule has 0 radical (unpaired) electrons. The molecule has 102 valence electrons. The van der Waals surface area contributed by atoms with Crippen LogP contribution in [0.5, 0.6) is 5.75 Å². The van der Waals surface area contributed by atoms with E-state index in [0.29, 0.717) is 0 Å². The molecule has 0 amide bonds. The smallest absolute Gasteiger partial charge is 0.295 e. The minimum absolute atomic E-state index is 0.0609. The van der Waals surface area contributed by atoms with E-state index >= 15 is 0 Å². The van der Waals surface area contributed by atoms with Gasteiger partial charge in [0.05, 0.1) is 5.69 Å². The van der Waals surface area contributed by atoms with Crippen LogP contribution in [0.1, 0.15) is 0 Å². The molecule has 4 N–H and O–H groups in total. The zero-order valence-electron chi connectivity index (χ0n) is 9.23. The van der Waals surface area contributed by atoms with E-state index in [9.17, 15) is 22.3 Å². The fourth-order valence-corrected chi connectivity index (χ4v) is 3.06. The Morgan fingerprint density at radius 2 is 1.95 bits per heavy atom. The number of nitrogen functional groups attached to an aromatic ring is 1. The zero-order chi connectivity index (χ0) is 14.4. The first-order valence-corrected chi connectivity index (χ1v) is 7.36. The van der Waals surface area contributed by atoms with E-state index in [2.05, 4.69) is 0 Å². The van der Waals surface area contributed by atoms with Gasteiger partial charge in [-0.3, -0.25) is 8.76 Å². The Hall–Kier alpha value is -1.68. The molecule has 0 bridgehead atoms. The predicted molar refractivity (Wildman–Crippen MR) is 67.0 cm³/mol. The first-order valence-electron chi connectivity index (χ1n) is 4.84. The Labute approximate surface area is 110 Å². The second-order valence-corrected chi connectivity index (χ2v) is 6.00. The van der Waals surface area contributed by atoms with Gasteiger partial charge < -0.3 is 15.4 Å². The lowest BCUT2D eigenvalue weighted by molar-refractivity contribution is 0.481. The molecule has 0 aromatic heterocycles. The molecule has 1 unspecified atom stereocenters. The number of fused-ring (bicyclic) bond motifs is 1. The zero-order valence-corrected chi connectivity index (χ0v) is 10.9. The number of hydrogen-bond acceptors (Lipinski definition) is 6. The molecular formula is C10H8NO6S2-. The summed E-state index contributed by atoms with van der Waals surface area (Å²) in [5.74, 6) is -0.382. The van der Waals surface area contributed by atoms with E-state index in [1.165, 1.54) is 18.2 Å². The number of rotatable bonds is 2. The fraction of sp³-hybridized carbons (Fsp3) is 0. The topological polar surface area (TPSA) is 141 Å². The first-order chi connectivity index (χ1) is 8.73. The van der Waals surface area contributed by atoms with Crippen molar-refractivity contribution in [3.63, 3.8) is 0 Å². The maximum absolute atomic E-state index is 11.3. The van der Waals surface area contributed by atoms with Crippen molar-refractivity contribution < 1.29 is 26.8 Å². The molecule has 2 rings (SSSR count). The van der Waals surface area contributed by atoms with Crippen LogP contribution >= 0.6 is 0 Å². The van der Waals surface area contributed by atoms with E-state index in [4.69, 9.17) is 10.3 Å². The third-order valence-corrected chi connectivity index (χ3v) is 4.15. The molecule has 19 heavy (non-hydrogen) atoms. The van der Waals surface area contributed by atoms with E-state index in [-0.39, 0.29) is 22.2 Å². The number of anilines is 1. The molecule has 0 saturated heterocycles. The number of hydrogen-bond donors (Lipinski definition) is 3. The largest absolute Gasteiger partial charge is 0.768 e. The average Bonchev–Trinajstić information content (AvgIpc) is 2.27. The highest BCUT2D eigenvalue weighted by atomic mass is 32.2. The first kappa shape index (κ1) is 13.7. The van der Waals surface area contributed by atoms with Crippen LogP contribution < -0.4 is 5.73 Å². The summed E-state index contributed by atoms with van der Waals surface area (Å²) in [7, 11) is -4.66. The molecule has 0 saturated carbocycles. The molecule has 0 heterocycles. The number of benzene rings is 2.